The van der Waals surface area contributed by atoms with Crippen LogP contribution in [-0.2, 0) is 0 Å². The van der Waals surface area contributed by atoms with Gasteiger partial charge in [0.05, 0.1) is 0 Å². The molecule has 0 saturated heterocycles. The van der Waals surface area contributed by atoms with Gasteiger partial charge in [0.1, 0.15) is 0 Å². The van der Waals surface area contributed by atoms with Crippen molar-refractivity contribution in [3.63, 3.8) is 0 Å². The van der Waals surface area contributed by atoms with Gasteiger partial charge in [-0.25, -0.2) is 0 Å². The molecule has 1 heterocycles. The lowest BCUT2D eigenvalue weighted by atomic mass is 9.75. The number of aromatic nitrogens is 1. The maximum absolute atomic E-state index is 4.18. The number of nitrogens with one attached hydrogen (secondary N) is 1. The minimum atomic E-state index is 0.369. The zero-order chi connectivity index (χ0) is 13.9. The summed E-state index contributed by atoms with van der Waals surface area (Å²) < 4.78 is 1.24. The largest absolute Gasteiger partial charge is 0.307 e. The number of nitrogens with zero attached hydrogens (tertiary/aromatic N) is 1. The molecule has 2 aromatic rings. The van der Waals surface area contributed by atoms with E-state index >= 15 is 0 Å². The Morgan fingerprint density at radius 2 is 2.00 bits per heavy atom. The monoisotopic (exact) mass is 330 g/mol. The van der Waals surface area contributed by atoms with Crippen molar-refractivity contribution in [3.8, 4) is 0 Å². The number of pyridine rings is 1. The molecule has 3 rings (SSSR count). The van der Waals surface area contributed by atoms with Crippen LogP contribution in [0.2, 0.25) is 0 Å². The van der Waals surface area contributed by atoms with Gasteiger partial charge in [-0.05, 0) is 48.9 Å². The fourth-order valence-electron chi connectivity index (χ4n) is 2.90. The van der Waals surface area contributed by atoms with E-state index in [-0.39, 0.29) is 0 Å². The lowest BCUT2D eigenvalue weighted by molar-refractivity contribution is 0.270. The van der Waals surface area contributed by atoms with Crippen molar-refractivity contribution in [2.24, 2.45) is 0 Å². The predicted molar refractivity (Wildman–Crippen MR) is 85.7 cm³/mol. The third-order valence-corrected chi connectivity index (χ3v) is 4.88. The van der Waals surface area contributed by atoms with Crippen LogP contribution < -0.4 is 5.32 Å². The molecule has 0 unspecified atom stereocenters. The average molecular weight is 331 g/mol. The van der Waals surface area contributed by atoms with Gasteiger partial charge in [0.25, 0.3) is 0 Å². The van der Waals surface area contributed by atoms with Crippen LogP contribution in [0.25, 0.3) is 0 Å². The third kappa shape index (κ3) is 2.94. The summed E-state index contributed by atoms with van der Waals surface area (Å²) in [7, 11) is 0. The van der Waals surface area contributed by atoms with E-state index in [9.17, 15) is 0 Å². The van der Waals surface area contributed by atoms with Crippen molar-refractivity contribution in [1.29, 1.82) is 0 Å². The first kappa shape index (κ1) is 13.8. The molecule has 1 aliphatic rings. The van der Waals surface area contributed by atoms with Gasteiger partial charge in [-0.15, -0.1) is 0 Å². The maximum atomic E-state index is 4.18. The molecule has 1 aromatic carbocycles. The number of benzene rings is 1. The smallest absolute Gasteiger partial charge is 0.0315 e. The van der Waals surface area contributed by atoms with Crippen LogP contribution in [0, 0.1) is 0 Å². The van der Waals surface area contributed by atoms with Gasteiger partial charge in [-0.1, -0.05) is 40.2 Å². The summed E-state index contributed by atoms with van der Waals surface area (Å²) in [5.41, 5.74) is 2.71. The summed E-state index contributed by atoms with van der Waals surface area (Å²) >= 11 is 3.65. The average Bonchev–Trinajstić information content (AvgIpc) is 2.44. The first-order valence-corrected chi connectivity index (χ1v) is 7.93. The van der Waals surface area contributed by atoms with Gasteiger partial charge in [0, 0.05) is 29.0 Å². The number of hydrogen-bond acceptors (Lipinski definition) is 2. The molecule has 0 spiro atoms. The first-order valence-electron chi connectivity index (χ1n) is 7.14. The van der Waals surface area contributed by atoms with Crippen LogP contribution in [0.3, 0.4) is 0 Å². The standard InChI is InChI=1S/C17H19BrN2/c1-12(13-5-4-8-19-11-13)20-15-9-14(10-15)16-6-2-3-7-17(16)18/h2-8,11-12,14-15,20H,9-10H2,1H3/t12-,14?,15?/m1/s1. The molecular weight excluding hydrogens is 312 g/mol. The van der Waals surface area contributed by atoms with Crippen molar-refractivity contribution >= 4 is 15.9 Å². The van der Waals surface area contributed by atoms with Crippen molar-refractivity contribution in [2.75, 3.05) is 0 Å². The Hall–Kier alpha value is -1.19. The molecule has 0 amide bonds. The van der Waals surface area contributed by atoms with E-state index in [1.165, 1.54) is 28.4 Å². The van der Waals surface area contributed by atoms with Crippen molar-refractivity contribution < 1.29 is 0 Å². The fraction of sp³-hybridized carbons (Fsp3) is 0.353. The molecule has 0 aliphatic heterocycles. The summed E-state index contributed by atoms with van der Waals surface area (Å²) in [6.45, 7) is 2.21. The van der Waals surface area contributed by atoms with Crippen LogP contribution in [-0.4, -0.2) is 11.0 Å². The summed E-state index contributed by atoms with van der Waals surface area (Å²) in [6.07, 6.45) is 6.20. The van der Waals surface area contributed by atoms with Crippen LogP contribution >= 0.6 is 15.9 Å². The molecule has 104 valence electrons. The van der Waals surface area contributed by atoms with Crippen LogP contribution in [0.1, 0.15) is 42.9 Å². The van der Waals surface area contributed by atoms with Crippen molar-refractivity contribution in [1.82, 2.24) is 10.3 Å². The van der Waals surface area contributed by atoms with E-state index in [4.69, 9.17) is 0 Å². The van der Waals surface area contributed by atoms with Gasteiger partial charge in [-0.3, -0.25) is 4.98 Å². The van der Waals surface area contributed by atoms with E-state index in [0.717, 1.165) is 0 Å². The second kappa shape index (κ2) is 6.06. The van der Waals surface area contributed by atoms with Gasteiger partial charge in [-0.2, -0.15) is 0 Å². The van der Waals surface area contributed by atoms with Crippen molar-refractivity contribution in [2.45, 2.75) is 37.8 Å². The molecule has 1 aromatic heterocycles. The summed E-state index contributed by atoms with van der Waals surface area (Å²) in [6, 6.07) is 13.7. The van der Waals surface area contributed by atoms with Crippen LogP contribution in [0.15, 0.2) is 53.3 Å². The molecule has 1 aliphatic carbocycles. The fourth-order valence-corrected chi connectivity index (χ4v) is 3.50. The Balaban J connectivity index is 1.55. The predicted octanol–water partition coefficient (Wildman–Crippen LogP) is 4.44. The number of rotatable bonds is 4. The minimum absolute atomic E-state index is 0.369. The molecule has 1 saturated carbocycles. The first-order chi connectivity index (χ1) is 9.74. The molecule has 1 fully saturated rings. The van der Waals surface area contributed by atoms with E-state index in [1.54, 1.807) is 0 Å². The Morgan fingerprint density at radius 3 is 2.70 bits per heavy atom. The Kier molecular flexibility index (Phi) is 4.18. The molecule has 20 heavy (non-hydrogen) atoms. The van der Waals surface area contributed by atoms with Gasteiger partial charge in [0.15, 0.2) is 0 Å². The van der Waals surface area contributed by atoms with Gasteiger partial charge >= 0.3 is 0 Å². The van der Waals surface area contributed by atoms with Crippen LogP contribution in [0.5, 0.6) is 0 Å². The second-order valence-electron chi connectivity index (χ2n) is 5.56. The van der Waals surface area contributed by atoms with Crippen molar-refractivity contribution in [3.05, 3.63) is 64.4 Å². The van der Waals surface area contributed by atoms with E-state index in [0.29, 0.717) is 18.0 Å². The summed E-state index contributed by atoms with van der Waals surface area (Å²) in [5, 5.41) is 3.70. The Bertz CT molecular complexity index is 564. The molecule has 0 bridgehead atoms. The SMILES string of the molecule is C[C@@H](NC1CC(c2ccccc2Br)C1)c1cccnc1. The highest BCUT2D eigenvalue weighted by atomic mass is 79.9. The highest BCUT2D eigenvalue weighted by molar-refractivity contribution is 9.10. The molecule has 0 radical (unpaired) electrons. The van der Waals surface area contributed by atoms with Gasteiger partial charge < -0.3 is 5.32 Å². The third-order valence-electron chi connectivity index (χ3n) is 4.15. The van der Waals surface area contributed by atoms with E-state index in [2.05, 4.69) is 63.5 Å². The van der Waals surface area contributed by atoms with Crippen LogP contribution in [0.4, 0.5) is 0 Å². The summed E-state index contributed by atoms with van der Waals surface area (Å²) in [4.78, 5) is 4.18. The zero-order valence-electron chi connectivity index (χ0n) is 11.6. The normalized spacial score (nSPS) is 23.1. The lowest BCUT2D eigenvalue weighted by Crippen LogP contribution is -2.41. The Morgan fingerprint density at radius 1 is 1.20 bits per heavy atom. The van der Waals surface area contributed by atoms with E-state index < -0.39 is 0 Å². The zero-order valence-corrected chi connectivity index (χ0v) is 13.2. The Labute approximate surface area is 128 Å². The van der Waals surface area contributed by atoms with Gasteiger partial charge in [0.2, 0.25) is 0 Å². The maximum Gasteiger partial charge on any atom is 0.0315 e. The highest BCUT2D eigenvalue weighted by Gasteiger charge is 2.32. The molecule has 2 nitrogen and oxygen atoms in total. The highest BCUT2D eigenvalue weighted by Crippen LogP contribution is 2.40. The number of hydrogen-bond donors (Lipinski definition) is 1. The topological polar surface area (TPSA) is 24.9 Å². The number of halogens is 1. The molecule has 1 N–H and O–H groups in total. The second-order valence-corrected chi connectivity index (χ2v) is 6.42. The van der Waals surface area contributed by atoms with E-state index in [1.807, 2.05) is 18.5 Å². The minimum Gasteiger partial charge on any atom is -0.307 e. The summed E-state index contributed by atoms with van der Waals surface area (Å²) in [5.74, 6) is 0.684. The lowest BCUT2D eigenvalue weighted by Gasteiger charge is -2.38. The molecule has 1 atom stereocenters. The molecular formula is C17H19BrN2. The quantitative estimate of drug-likeness (QED) is 0.896. The molecule has 3 heteroatoms.